The Morgan fingerprint density at radius 3 is 2.61 bits per heavy atom. The largest absolute Gasteiger partial charge is 0.416 e. The van der Waals surface area contributed by atoms with Gasteiger partial charge >= 0.3 is 6.18 Å². The molecule has 0 aliphatic rings. The van der Waals surface area contributed by atoms with Crippen LogP contribution in [0.15, 0.2) is 48.7 Å². The highest BCUT2D eigenvalue weighted by Gasteiger charge is 2.31. The molecule has 120 valence electrons. The third kappa shape index (κ3) is 2.97. The van der Waals surface area contributed by atoms with Gasteiger partial charge in [-0.25, -0.2) is 0 Å². The first kappa shape index (κ1) is 15.6. The fourth-order valence-electron chi connectivity index (χ4n) is 2.92. The summed E-state index contributed by atoms with van der Waals surface area (Å²) in [6.45, 7) is 2.22. The minimum atomic E-state index is -4.36. The van der Waals surface area contributed by atoms with E-state index in [4.69, 9.17) is 5.73 Å². The number of aromatic amines is 1. The Morgan fingerprint density at radius 1 is 1.13 bits per heavy atom. The number of nitrogens with two attached hydrogens (primary N) is 1. The molecule has 0 saturated heterocycles. The first-order valence-electron chi connectivity index (χ1n) is 7.35. The van der Waals surface area contributed by atoms with Crippen LogP contribution in [0.25, 0.3) is 10.9 Å². The van der Waals surface area contributed by atoms with Gasteiger partial charge in [0.1, 0.15) is 0 Å². The molecule has 3 rings (SSSR count). The molecule has 23 heavy (non-hydrogen) atoms. The lowest BCUT2D eigenvalue weighted by molar-refractivity contribution is -0.137. The smallest absolute Gasteiger partial charge is 0.361 e. The molecule has 0 spiro atoms. The predicted molar refractivity (Wildman–Crippen MR) is 85.4 cm³/mol. The third-order valence-electron chi connectivity index (χ3n) is 4.10. The van der Waals surface area contributed by atoms with E-state index in [1.807, 2.05) is 31.3 Å². The number of hydrogen-bond donors (Lipinski definition) is 2. The number of rotatable bonds is 3. The van der Waals surface area contributed by atoms with Gasteiger partial charge in [0.25, 0.3) is 0 Å². The summed E-state index contributed by atoms with van der Waals surface area (Å²) >= 11 is 0. The van der Waals surface area contributed by atoms with Crippen molar-refractivity contribution in [3.8, 4) is 0 Å². The summed E-state index contributed by atoms with van der Waals surface area (Å²) in [5, 5.41) is 0.998. The molecule has 0 fully saturated rings. The van der Waals surface area contributed by atoms with Crippen molar-refractivity contribution >= 4 is 10.9 Å². The van der Waals surface area contributed by atoms with Crippen LogP contribution < -0.4 is 5.73 Å². The second-order valence-corrected chi connectivity index (χ2v) is 5.70. The second-order valence-electron chi connectivity index (χ2n) is 5.70. The van der Waals surface area contributed by atoms with Crippen LogP contribution >= 0.6 is 0 Å². The Hall–Kier alpha value is -2.27. The summed E-state index contributed by atoms with van der Waals surface area (Å²) in [5.41, 5.74) is 8.79. The van der Waals surface area contributed by atoms with E-state index in [9.17, 15) is 13.2 Å². The van der Waals surface area contributed by atoms with E-state index in [1.165, 1.54) is 12.1 Å². The molecule has 0 bridgehead atoms. The van der Waals surface area contributed by atoms with Gasteiger partial charge in [-0.2, -0.15) is 13.2 Å². The molecule has 0 amide bonds. The molecule has 1 aromatic heterocycles. The predicted octanol–water partition coefficient (Wildman–Crippen LogP) is 4.59. The van der Waals surface area contributed by atoms with E-state index in [2.05, 4.69) is 4.98 Å². The molecule has 2 nitrogen and oxygen atoms in total. The minimum Gasteiger partial charge on any atom is -0.361 e. The number of benzene rings is 2. The first-order chi connectivity index (χ1) is 10.9. The Morgan fingerprint density at radius 2 is 1.91 bits per heavy atom. The van der Waals surface area contributed by atoms with Gasteiger partial charge < -0.3 is 10.7 Å². The van der Waals surface area contributed by atoms with E-state index >= 15 is 0 Å². The highest BCUT2D eigenvalue weighted by atomic mass is 19.4. The standard InChI is InChI=1S/C18H17F3N2/c1-11-5-6-17-14(7-11)16(10-23-17)15(9-22)12-3-2-4-13(8-12)18(19,20)21/h2-8,10,15,23H,9,22H2,1H3/t15-/m1/s1. The Kier molecular flexibility index (Phi) is 3.90. The molecule has 5 heteroatoms. The average molecular weight is 318 g/mol. The molecular weight excluding hydrogens is 301 g/mol. The number of hydrogen-bond acceptors (Lipinski definition) is 1. The number of halogens is 3. The van der Waals surface area contributed by atoms with Crippen LogP contribution in [-0.4, -0.2) is 11.5 Å². The lowest BCUT2D eigenvalue weighted by Crippen LogP contribution is -2.15. The molecule has 3 aromatic rings. The van der Waals surface area contributed by atoms with Gasteiger partial charge in [0.2, 0.25) is 0 Å². The second kappa shape index (κ2) is 5.74. The summed E-state index contributed by atoms with van der Waals surface area (Å²) < 4.78 is 38.8. The molecule has 0 radical (unpaired) electrons. The maximum absolute atomic E-state index is 12.9. The fraction of sp³-hybridized carbons (Fsp3) is 0.222. The van der Waals surface area contributed by atoms with Crippen LogP contribution in [0.5, 0.6) is 0 Å². The van der Waals surface area contributed by atoms with Crippen LogP contribution in [-0.2, 0) is 6.18 Å². The fourth-order valence-corrected chi connectivity index (χ4v) is 2.92. The monoisotopic (exact) mass is 318 g/mol. The zero-order valence-electron chi connectivity index (χ0n) is 12.6. The number of alkyl halides is 3. The highest BCUT2D eigenvalue weighted by Crippen LogP contribution is 2.34. The Labute approximate surface area is 132 Å². The van der Waals surface area contributed by atoms with Crippen LogP contribution in [0.2, 0.25) is 0 Å². The van der Waals surface area contributed by atoms with Crippen molar-refractivity contribution < 1.29 is 13.2 Å². The molecular formula is C18H17F3N2. The van der Waals surface area contributed by atoms with Crippen LogP contribution in [0.1, 0.15) is 28.2 Å². The van der Waals surface area contributed by atoms with E-state index in [0.29, 0.717) is 5.56 Å². The zero-order chi connectivity index (χ0) is 16.6. The molecule has 0 aliphatic heterocycles. The molecule has 2 aromatic carbocycles. The quantitative estimate of drug-likeness (QED) is 0.729. The summed E-state index contributed by atoms with van der Waals surface area (Å²) in [4.78, 5) is 3.17. The average Bonchev–Trinajstić information content (AvgIpc) is 2.91. The van der Waals surface area contributed by atoms with Crippen molar-refractivity contribution in [3.63, 3.8) is 0 Å². The summed E-state index contributed by atoms with van der Waals surface area (Å²) in [7, 11) is 0. The number of fused-ring (bicyclic) bond motifs is 1. The Bertz CT molecular complexity index is 834. The van der Waals surface area contributed by atoms with Crippen LogP contribution in [0.3, 0.4) is 0 Å². The maximum Gasteiger partial charge on any atom is 0.416 e. The normalized spacial score (nSPS) is 13.4. The van der Waals surface area contributed by atoms with Crippen molar-refractivity contribution in [2.45, 2.75) is 19.0 Å². The van der Waals surface area contributed by atoms with E-state index in [-0.39, 0.29) is 12.5 Å². The summed E-state index contributed by atoms with van der Waals surface area (Å²) in [6.07, 6.45) is -2.52. The van der Waals surface area contributed by atoms with Gasteiger partial charge in [-0.1, -0.05) is 29.8 Å². The third-order valence-corrected chi connectivity index (χ3v) is 4.10. The number of aryl methyl sites for hydroxylation is 1. The molecule has 1 atom stereocenters. The van der Waals surface area contributed by atoms with Crippen molar-refractivity contribution in [1.82, 2.24) is 4.98 Å². The van der Waals surface area contributed by atoms with E-state index < -0.39 is 11.7 Å². The maximum atomic E-state index is 12.9. The first-order valence-corrected chi connectivity index (χ1v) is 7.35. The number of nitrogens with one attached hydrogen (secondary N) is 1. The van der Waals surface area contributed by atoms with E-state index in [0.717, 1.165) is 28.1 Å². The van der Waals surface area contributed by atoms with Crippen molar-refractivity contribution in [1.29, 1.82) is 0 Å². The molecule has 0 aliphatic carbocycles. The Balaban J connectivity index is 2.10. The number of aromatic nitrogens is 1. The lowest BCUT2D eigenvalue weighted by atomic mass is 9.90. The van der Waals surface area contributed by atoms with Crippen molar-refractivity contribution in [3.05, 3.63) is 70.9 Å². The van der Waals surface area contributed by atoms with Crippen LogP contribution in [0, 0.1) is 6.92 Å². The number of H-pyrrole nitrogens is 1. The van der Waals surface area contributed by atoms with Gasteiger partial charge in [0.15, 0.2) is 0 Å². The van der Waals surface area contributed by atoms with Gasteiger partial charge in [0.05, 0.1) is 5.56 Å². The molecule has 3 N–H and O–H groups in total. The lowest BCUT2D eigenvalue weighted by Gasteiger charge is -2.17. The van der Waals surface area contributed by atoms with E-state index in [1.54, 1.807) is 6.07 Å². The minimum absolute atomic E-state index is 0.238. The van der Waals surface area contributed by atoms with Gasteiger partial charge in [-0.05, 0) is 36.2 Å². The molecule has 0 unspecified atom stereocenters. The van der Waals surface area contributed by atoms with Gasteiger partial charge in [-0.3, -0.25) is 0 Å². The topological polar surface area (TPSA) is 41.8 Å². The van der Waals surface area contributed by atoms with Crippen LogP contribution in [0.4, 0.5) is 13.2 Å². The SMILES string of the molecule is Cc1ccc2[nH]cc([C@H](CN)c3cccc(C(F)(F)F)c3)c2c1. The highest BCUT2D eigenvalue weighted by molar-refractivity contribution is 5.85. The van der Waals surface area contributed by atoms with Gasteiger partial charge in [0, 0.05) is 29.6 Å². The van der Waals surface area contributed by atoms with Gasteiger partial charge in [-0.15, -0.1) is 0 Å². The van der Waals surface area contributed by atoms with Crippen molar-refractivity contribution in [2.75, 3.05) is 6.54 Å². The molecule has 0 saturated carbocycles. The van der Waals surface area contributed by atoms with Crippen molar-refractivity contribution in [2.24, 2.45) is 5.73 Å². The summed E-state index contributed by atoms with van der Waals surface area (Å²) in [6, 6.07) is 11.4. The summed E-state index contributed by atoms with van der Waals surface area (Å²) in [5.74, 6) is -0.284. The molecule has 1 heterocycles. The zero-order valence-corrected chi connectivity index (χ0v) is 12.6.